The number of nitrogens with one attached hydrogen (secondary N) is 2. The Morgan fingerprint density at radius 1 is 1.03 bits per heavy atom. The minimum Gasteiger partial charge on any atom is -0.481 e. The van der Waals surface area contributed by atoms with E-state index in [2.05, 4.69) is 34.9 Å². The van der Waals surface area contributed by atoms with Crippen LogP contribution in [-0.4, -0.2) is 42.3 Å². The summed E-state index contributed by atoms with van der Waals surface area (Å²) in [5, 5.41) is 14.6. The molecule has 0 spiro atoms. The van der Waals surface area contributed by atoms with E-state index in [1.165, 1.54) is 11.1 Å². The average molecular weight is 451 g/mol. The van der Waals surface area contributed by atoms with Gasteiger partial charge < -0.3 is 20.5 Å². The highest BCUT2D eigenvalue weighted by Crippen LogP contribution is 2.44. The predicted octanol–water partition coefficient (Wildman–Crippen LogP) is 3.78. The lowest BCUT2D eigenvalue weighted by atomic mass is 9.98. The highest BCUT2D eigenvalue weighted by atomic mass is 16.5. The van der Waals surface area contributed by atoms with Crippen LogP contribution in [0.4, 0.5) is 4.79 Å². The molecule has 2 aromatic carbocycles. The zero-order valence-electron chi connectivity index (χ0n) is 18.9. The molecule has 3 N–H and O–H groups in total. The van der Waals surface area contributed by atoms with Gasteiger partial charge in [-0.2, -0.15) is 0 Å². The Balaban J connectivity index is 1.24. The van der Waals surface area contributed by atoms with E-state index in [9.17, 15) is 14.4 Å². The van der Waals surface area contributed by atoms with E-state index in [0.29, 0.717) is 13.0 Å². The first-order chi connectivity index (χ1) is 15.8. The SMILES string of the molecule is CC(C)[C@@H](CC(=O)O)NC(=O)[C@@H]1C[C@@H]1CNC(=O)OCC1c2ccccc2-c2ccccc21. The lowest BCUT2D eigenvalue weighted by Gasteiger charge is -2.20. The molecule has 2 aliphatic rings. The van der Waals surface area contributed by atoms with E-state index < -0.39 is 18.1 Å². The van der Waals surface area contributed by atoms with Crippen LogP contribution in [0.25, 0.3) is 11.1 Å². The van der Waals surface area contributed by atoms with Crippen LogP contribution in [0.3, 0.4) is 0 Å². The van der Waals surface area contributed by atoms with E-state index in [1.54, 1.807) is 0 Å². The minimum atomic E-state index is -0.932. The monoisotopic (exact) mass is 450 g/mol. The quantitative estimate of drug-likeness (QED) is 0.539. The van der Waals surface area contributed by atoms with Crippen molar-refractivity contribution in [3.05, 3.63) is 59.7 Å². The van der Waals surface area contributed by atoms with Crippen LogP contribution in [0.15, 0.2) is 48.5 Å². The molecule has 1 fully saturated rings. The second-order valence-electron chi connectivity index (χ2n) is 9.27. The Morgan fingerprint density at radius 2 is 1.64 bits per heavy atom. The maximum Gasteiger partial charge on any atom is 0.407 e. The lowest BCUT2D eigenvalue weighted by Crippen LogP contribution is -2.41. The van der Waals surface area contributed by atoms with E-state index in [0.717, 1.165) is 11.1 Å². The zero-order valence-corrected chi connectivity index (χ0v) is 18.9. The van der Waals surface area contributed by atoms with Gasteiger partial charge in [0, 0.05) is 24.4 Å². The first-order valence-electron chi connectivity index (χ1n) is 11.5. The minimum absolute atomic E-state index is 0.00445. The lowest BCUT2D eigenvalue weighted by molar-refractivity contribution is -0.138. The summed E-state index contributed by atoms with van der Waals surface area (Å²) < 4.78 is 5.54. The molecular formula is C26H30N2O5. The number of carboxylic acid groups (broad SMARTS) is 1. The maximum atomic E-state index is 12.4. The van der Waals surface area contributed by atoms with Crippen LogP contribution in [0.5, 0.6) is 0 Å². The molecule has 2 aromatic rings. The van der Waals surface area contributed by atoms with Gasteiger partial charge in [0.05, 0.1) is 6.42 Å². The van der Waals surface area contributed by atoms with Crippen molar-refractivity contribution in [1.29, 1.82) is 0 Å². The number of carbonyl (C=O) groups is 3. The van der Waals surface area contributed by atoms with Crippen molar-refractivity contribution in [2.24, 2.45) is 17.8 Å². The fraction of sp³-hybridized carbons (Fsp3) is 0.423. The average Bonchev–Trinajstić information content (AvgIpc) is 3.51. The largest absolute Gasteiger partial charge is 0.481 e. The van der Waals surface area contributed by atoms with Crippen molar-refractivity contribution in [3.8, 4) is 11.1 Å². The molecular weight excluding hydrogens is 420 g/mol. The predicted molar refractivity (Wildman–Crippen MR) is 124 cm³/mol. The van der Waals surface area contributed by atoms with Crippen molar-refractivity contribution in [1.82, 2.24) is 10.6 Å². The molecule has 7 nitrogen and oxygen atoms in total. The van der Waals surface area contributed by atoms with Crippen LogP contribution in [0, 0.1) is 17.8 Å². The van der Waals surface area contributed by atoms with E-state index in [-0.39, 0.29) is 42.6 Å². The Labute approximate surface area is 193 Å². The van der Waals surface area contributed by atoms with Gasteiger partial charge in [-0.25, -0.2) is 4.79 Å². The fourth-order valence-corrected chi connectivity index (χ4v) is 4.59. The number of hydrogen-bond donors (Lipinski definition) is 3. The number of benzene rings is 2. The van der Waals surface area contributed by atoms with Crippen LogP contribution in [-0.2, 0) is 14.3 Å². The van der Waals surface area contributed by atoms with Crippen molar-refractivity contribution in [2.45, 2.75) is 38.6 Å². The molecule has 0 radical (unpaired) electrons. The summed E-state index contributed by atoms with van der Waals surface area (Å²) in [6, 6.07) is 15.9. The third kappa shape index (κ3) is 5.18. The topological polar surface area (TPSA) is 105 Å². The second-order valence-corrected chi connectivity index (χ2v) is 9.27. The van der Waals surface area contributed by atoms with Gasteiger partial charge in [-0.3, -0.25) is 9.59 Å². The van der Waals surface area contributed by atoms with Crippen LogP contribution < -0.4 is 10.6 Å². The summed E-state index contributed by atoms with van der Waals surface area (Å²) in [6.07, 6.45) is 0.0838. The molecule has 0 heterocycles. The highest BCUT2D eigenvalue weighted by molar-refractivity contribution is 5.83. The Morgan fingerprint density at radius 3 is 2.21 bits per heavy atom. The number of hydrogen-bond acceptors (Lipinski definition) is 4. The highest BCUT2D eigenvalue weighted by Gasteiger charge is 2.43. The Kier molecular flexibility index (Phi) is 6.67. The number of alkyl carbamates (subject to hydrolysis) is 1. The van der Waals surface area contributed by atoms with Gasteiger partial charge in [-0.1, -0.05) is 62.4 Å². The normalized spacial score (nSPS) is 19.4. The summed E-state index contributed by atoms with van der Waals surface area (Å²) in [6.45, 7) is 4.38. The molecule has 174 valence electrons. The molecule has 2 amide bonds. The van der Waals surface area contributed by atoms with Crippen LogP contribution in [0.1, 0.15) is 43.7 Å². The molecule has 3 atom stereocenters. The molecule has 33 heavy (non-hydrogen) atoms. The zero-order chi connectivity index (χ0) is 23.5. The Bertz CT molecular complexity index is 1000. The van der Waals surface area contributed by atoms with Crippen molar-refractivity contribution in [2.75, 3.05) is 13.2 Å². The van der Waals surface area contributed by atoms with Gasteiger partial charge in [-0.15, -0.1) is 0 Å². The first kappa shape index (κ1) is 22.8. The summed E-state index contributed by atoms with van der Waals surface area (Å²) in [5.41, 5.74) is 4.67. The van der Waals surface area contributed by atoms with Gasteiger partial charge in [0.15, 0.2) is 0 Å². The molecule has 0 aromatic heterocycles. The summed E-state index contributed by atoms with van der Waals surface area (Å²) in [7, 11) is 0. The van der Waals surface area contributed by atoms with Crippen molar-refractivity contribution >= 4 is 18.0 Å². The van der Waals surface area contributed by atoms with Crippen LogP contribution in [0.2, 0.25) is 0 Å². The third-order valence-corrected chi connectivity index (χ3v) is 6.64. The molecule has 4 rings (SSSR count). The number of aliphatic carboxylic acids is 1. The summed E-state index contributed by atoms with van der Waals surface area (Å²) in [5.74, 6) is -1.20. The van der Waals surface area contributed by atoms with Crippen LogP contribution >= 0.6 is 0 Å². The third-order valence-electron chi connectivity index (χ3n) is 6.64. The number of carbonyl (C=O) groups excluding carboxylic acids is 2. The first-order valence-corrected chi connectivity index (χ1v) is 11.5. The smallest absolute Gasteiger partial charge is 0.407 e. The number of rotatable bonds is 9. The number of amides is 2. The summed E-state index contributed by atoms with van der Waals surface area (Å²) >= 11 is 0. The maximum absolute atomic E-state index is 12.4. The van der Waals surface area contributed by atoms with Gasteiger partial charge in [0.1, 0.15) is 6.61 Å². The number of fused-ring (bicyclic) bond motifs is 3. The second kappa shape index (κ2) is 9.65. The van der Waals surface area contributed by atoms with Crippen molar-refractivity contribution in [3.63, 3.8) is 0 Å². The fourth-order valence-electron chi connectivity index (χ4n) is 4.59. The van der Waals surface area contributed by atoms with Gasteiger partial charge in [0.25, 0.3) is 0 Å². The van der Waals surface area contributed by atoms with E-state index in [4.69, 9.17) is 9.84 Å². The standard InChI is InChI=1S/C26H30N2O5/c1-15(2)23(12-24(29)30)28-25(31)21-11-16(21)13-27-26(32)33-14-22-19-9-5-3-7-17(19)18-8-4-6-10-20(18)22/h3-10,15-16,21-23H,11-14H2,1-2H3,(H,27,32)(H,28,31)(H,29,30)/t16-,21-,23-/m1/s1. The summed E-state index contributed by atoms with van der Waals surface area (Å²) in [4.78, 5) is 35.8. The molecule has 7 heteroatoms. The van der Waals surface area contributed by atoms with Gasteiger partial charge in [0.2, 0.25) is 5.91 Å². The number of carboxylic acids is 1. The molecule has 1 saturated carbocycles. The molecule has 0 unspecified atom stereocenters. The van der Waals surface area contributed by atoms with Gasteiger partial charge >= 0.3 is 12.1 Å². The molecule has 2 aliphatic carbocycles. The molecule has 0 aliphatic heterocycles. The molecule has 0 saturated heterocycles. The van der Waals surface area contributed by atoms with Crippen molar-refractivity contribution < 1.29 is 24.2 Å². The molecule has 0 bridgehead atoms. The van der Waals surface area contributed by atoms with Gasteiger partial charge in [-0.05, 0) is 40.5 Å². The van der Waals surface area contributed by atoms with E-state index in [1.807, 2.05) is 38.1 Å². The Hall–Kier alpha value is -3.35. The number of ether oxygens (including phenoxy) is 1. The van der Waals surface area contributed by atoms with E-state index >= 15 is 0 Å².